The van der Waals surface area contributed by atoms with Gasteiger partial charge in [0.05, 0.1) is 10.5 Å². The standard InChI is InChI=1S/C19H18F4N2O4S/c20-15-2-1-3-16(12-15)29-13-18(26)24-8-10-25(11-9-24)30(27,28)17-6-4-14(5-7-17)19(21,22)23/h1-7,12H,8-11,13H2. The zero-order valence-electron chi connectivity index (χ0n) is 15.6. The fourth-order valence-corrected chi connectivity index (χ4v) is 4.36. The van der Waals surface area contributed by atoms with Crippen LogP contribution >= 0.6 is 0 Å². The highest BCUT2D eigenvalue weighted by molar-refractivity contribution is 7.89. The van der Waals surface area contributed by atoms with Gasteiger partial charge in [0.2, 0.25) is 10.0 Å². The lowest BCUT2D eigenvalue weighted by Crippen LogP contribution is -2.51. The maximum Gasteiger partial charge on any atom is 0.416 e. The van der Waals surface area contributed by atoms with Gasteiger partial charge in [0.15, 0.2) is 6.61 Å². The average molecular weight is 446 g/mol. The molecule has 0 radical (unpaired) electrons. The van der Waals surface area contributed by atoms with E-state index in [1.54, 1.807) is 0 Å². The van der Waals surface area contributed by atoms with Gasteiger partial charge in [0.1, 0.15) is 11.6 Å². The van der Waals surface area contributed by atoms with Crippen LogP contribution in [0, 0.1) is 5.82 Å². The molecule has 1 aliphatic heterocycles. The molecule has 30 heavy (non-hydrogen) atoms. The van der Waals surface area contributed by atoms with Crippen LogP contribution in [0.2, 0.25) is 0 Å². The summed E-state index contributed by atoms with van der Waals surface area (Å²) in [7, 11) is -3.98. The first-order valence-electron chi connectivity index (χ1n) is 8.91. The molecular formula is C19H18F4N2O4S. The number of carbonyl (C=O) groups excluding carboxylic acids is 1. The van der Waals surface area contributed by atoms with E-state index in [4.69, 9.17) is 4.74 Å². The summed E-state index contributed by atoms with van der Waals surface area (Å²) in [6.45, 7) is -0.129. The smallest absolute Gasteiger partial charge is 0.416 e. The van der Waals surface area contributed by atoms with Gasteiger partial charge < -0.3 is 9.64 Å². The normalized spacial score (nSPS) is 15.8. The topological polar surface area (TPSA) is 66.9 Å². The molecule has 2 aromatic carbocycles. The number of nitrogens with zero attached hydrogens (tertiary/aromatic N) is 2. The maximum atomic E-state index is 13.1. The minimum atomic E-state index is -4.55. The molecule has 6 nitrogen and oxygen atoms in total. The molecule has 0 aromatic heterocycles. The number of halogens is 4. The van der Waals surface area contributed by atoms with Crippen LogP contribution in [0.3, 0.4) is 0 Å². The number of hydrogen-bond acceptors (Lipinski definition) is 4. The van der Waals surface area contributed by atoms with Crippen LogP contribution in [0.15, 0.2) is 53.4 Å². The third kappa shape index (κ3) is 5.08. The zero-order chi connectivity index (χ0) is 21.9. The van der Waals surface area contributed by atoms with Crippen molar-refractivity contribution < 1.29 is 35.5 Å². The fourth-order valence-electron chi connectivity index (χ4n) is 2.94. The highest BCUT2D eigenvalue weighted by Crippen LogP contribution is 2.30. The number of amides is 1. The number of hydrogen-bond donors (Lipinski definition) is 0. The highest BCUT2D eigenvalue weighted by atomic mass is 32.2. The van der Waals surface area contributed by atoms with E-state index in [0.29, 0.717) is 0 Å². The summed E-state index contributed by atoms with van der Waals surface area (Å²) in [6.07, 6.45) is -4.55. The Hall–Kier alpha value is -2.66. The largest absolute Gasteiger partial charge is 0.484 e. The molecule has 1 saturated heterocycles. The van der Waals surface area contributed by atoms with Crippen molar-refractivity contribution in [1.29, 1.82) is 0 Å². The van der Waals surface area contributed by atoms with Gasteiger partial charge >= 0.3 is 6.18 Å². The lowest BCUT2D eigenvalue weighted by atomic mass is 10.2. The Kier molecular flexibility index (Phi) is 6.32. The van der Waals surface area contributed by atoms with Crippen molar-refractivity contribution in [2.24, 2.45) is 0 Å². The minimum Gasteiger partial charge on any atom is -0.484 e. The summed E-state index contributed by atoms with van der Waals surface area (Å²) in [6, 6.07) is 8.61. The van der Waals surface area contributed by atoms with Gasteiger partial charge in [-0.2, -0.15) is 17.5 Å². The Labute approximate surface area is 170 Å². The molecule has 0 bridgehead atoms. The second-order valence-corrected chi connectivity index (χ2v) is 8.49. The van der Waals surface area contributed by atoms with Crippen LogP contribution < -0.4 is 4.74 Å². The van der Waals surface area contributed by atoms with E-state index in [1.807, 2.05) is 0 Å². The Morgan fingerprint density at radius 3 is 2.20 bits per heavy atom. The van der Waals surface area contributed by atoms with Gasteiger partial charge in [-0.15, -0.1) is 0 Å². The quantitative estimate of drug-likeness (QED) is 0.663. The van der Waals surface area contributed by atoms with E-state index < -0.39 is 27.6 Å². The molecule has 1 amide bonds. The first-order chi connectivity index (χ1) is 14.1. The summed E-state index contributed by atoms with van der Waals surface area (Å²) >= 11 is 0. The highest BCUT2D eigenvalue weighted by Gasteiger charge is 2.33. The summed E-state index contributed by atoms with van der Waals surface area (Å²) in [5.41, 5.74) is -0.935. The molecular weight excluding hydrogens is 428 g/mol. The van der Waals surface area contributed by atoms with Crippen molar-refractivity contribution in [3.63, 3.8) is 0 Å². The number of alkyl halides is 3. The van der Waals surface area contributed by atoms with E-state index in [0.717, 1.165) is 34.6 Å². The molecule has 0 saturated carbocycles. The molecule has 0 spiro atoms. The second kappa shape index (κ2) is 8.60. The molecule has 0 atom stereocenters. The second-order valence-electron chi connectivity index (χ2n) is 6.55. The monoisotopic (exact) mass is 446 g/mol. The van der Waals surface area contributed by atoms with E-state index in [1.165, 1.54) is 23.1 Å². The Bertz CT molecular complexity index is 1000. The van der Waals surface area contributed by atoms with Gasteiger partial charge in [-0.25, -0.2) is 12.8 Å². The number of sulfonamides is 1. The number of ether oxygens (including phenoxy) is 1. The van der Waals surface area contributed by atoms with Crippen molar-refractivity contribution in [2.45, 2.75) is 11.1 Å². The van der Waals surface area contributed by atoms with Gasteiger partial charge in [-0.1, -0.05) is 6.07 Å². The lowest BCUT2D eigenvalue weighted by Gasteiger charge is -2.34. The number of benzene rings is 2. The molecule has 0 N–H and O–H groups in total. The average Bonchev–Trinajstić information content (AvgIpc) is 2.71. The predicted octanol–water partition coefficient (Wildman–Crippen LogP) is 2.76. The van der Waals surface area contributed by atoms with Gasteiger partial charge in [-0.3, -0.25) is 4.79 Å². The number of piperazine rings is 1. The van der Waals surface area contributed by atoms with E-state index in [2.05, 4.69) is 0 Å². The SMILES string of the molecule is O=C(COc1cccc(F)c1)N1CCN(S(=O)(=O)c2ccc(C(F)(F)F)cc2)CC1. The van der Waals surface area contributed by atoms with Crippen LogP contribution in [0.1, 0.15) is 5.56 Å². The van der Waals surface area contributed by atoms with Crippen molar-refractivity contribution in [3.05, 3.63) is 59.9 Å². The van der Waals surface area contributed by atoms with Crippen LogP contribution in [0.25, 0.3) is 0 Å². The zero-order valence-corrected chi connectivity index (χ0v) is 16.4. The van der Waals surface area contributed by atoms with Crippen LogP contribution in [0.4, 0.5) is 17.6 Å². The Balaban J connectivity index is 1.57. The van der Waals surface area contributed by atoms with E-state index in [-0.39, 0.29) is 49.3 Å². The Morgan fingerprint density at radius 1 is 1.00 bits per heavy atom. The maximum absolute atomic E-state index is 13.1. The molecule has 2 aromatic rings. The third-order valence-corrected chi connectivity index (χ3v) is 6.48. The first kappa shape index (κ1) is 22.0. The van der Waals surface area contributed by atoms with Crippen molar-refractivity contribution >= 4 is 15.9 Å². The molecule has 11 heteroatoms. The summed E-state index contributed by atoms with van der Waals surface area (Å²) in [4.78, 5) is 13.4. The summed E-state index contributed by atoms with van der Waals surface area (Å²) in [5.74, 6) is -0.681. The molecule has 1 fully saturated rings. The van der Waals surface area contributed by atoms with Gasteiger partial charge in [0, 0.05) is 32.2 Å². The molecule has 0 aliphatic carbocycles. The Morgan fingerprint density at radius 2 is 1.63 bits per heavy atom. The first-order valence-corrected chi connectivity index (χ1v) is 10.3. The molecule has 1 aliphatic rings. The molecule has 162 valence electrons. The van der Waals surface area contributed by atoms with Crippen LogP contribution in [-0.4, -0.2) is 56.3 Å². The summed E-state index contributed by atoms with van der Waals surface area (Å²) < 4.78 is 82.8. The van der Waals surface area contributed by atoms with Crippen molar-refractivity contribution in [3.8, 4) is 5.75 Å². The van der Waals surface area contributed by atoms with E-state index in [9.17, 15) is 30.8 Å². The predicted molar refractivity (Wildman–Crippen MR) is 98.7 cm³/mol. The van der Waals surface area contributed by atoms with Crippen molar-refractivity contribution in [2.75, 3.05) is 32.8 Å². The van der Waals surface area contributed by atoms with Gasteiger partial charge in [-0.05, 0) is 36.4 Å². The van der Waals surface area contributed by atoms with Gasteiger partial charge in [0.25, 0.3) is 5.91 Å². The molecule has 1 heterocycles. The minimum absolute atomic E-state index is 0.00490. The number of rotatable bonds is 5. The molecule has 3 rings (SSSR count). The van der Waals surface area contributed by atoms with Crippen LogP contribution in [-0.2, 0) is 21.0 Å². The lowest BCUT2D eigenvalue weighted by molar-refractivity contribution is -0.137. The third-order valence-electron chi connectivity index (χ3n) is 4.57. The van der Waals surface area contributed by atoms with E-state index >= 15 is 0 Å². The van der Waals surface area contributed by atoms with Crippen LogP contribution in [0.5, 0.6) is 5.75 Å². The number of carbonyl (C=O) groups is 1. The molecule has 0 unspecified atom stereocenters. The fraction of sp³-hybridized carbons (Fsp3) is 0.316. The summed E-state index contributed by atoms with van der Waals surface area (Å²) in [5, 5.41) is 0. The van der Waals surface area contributed by atoms with Crippen molar-refractivity contribution in [1.82, 2.24) is 9.21 Å².